The van der Waals surface area contributed by atoms with E-state index in [-0.39, 0.29) is 6.92 Å². The van der Waals surface area contributed by atoms with Gasteiger partial charge in [-0.2, -0.15) is 4.39 Å². The van der Waals surface area contributed by atoms with Gasteiger partial charge in [0.2, 0.25) is 0 Å². The van der Waals surface area contributed by atoms with Crippen LogP contribution in [0.4, 0.5) is 17.6 Å². The molecule has 0 heterocycles. The Morgan fingerprint density at radius 2 is 1.73 bits per heavy atom. The molecule has 0 aliphatic heterocycles. The van der Waals surface area contributed by atoms with Crippen molar-refractivity contribution in [3.05, 3.63) is 0 Å². The van der Waals surface area contributed by atoms with Crippen molar-refractivity contribution in [1.29, 1.82) is 0 Å². The van der Waals surface area contributed by atoms with Crippen LogP contribution in [0.15, 0.2) is 0 Å². The number of halogens is 4. The van der Waals surface area contributed by atoms with Crippen molar-refractivity contribution < 1.29 is 32.2 Å². The fourth-order valence-electron chi connectivity index (χ4n) is 0.261. The van der Waals surface area contributed by atoms with Crippen LogP contribution < -0.4 is 0 Å². The van der Waals surface area contributed by atoms with E-state index >= 15 is 0 Å². The molecule has 0 saturated carbocycles. The molecule has 0 saturated heterocycles. The molecule has 0 radical (unpaired) electrons. The third kappa shape index (κ3) is 3.76. The summed E-state index contributed by atoms with van der Waals surface area (Å²) in [6.07, 6.45) is -5.29. The molecular formula is C4H4F4O3. The first kappa shape index (κ1) is 10.2. The molecule has 0 bridgehead atoms. The van der Waals surface area contributed by atoms with Crippen molar-refractivity contribution >= 4 is 5.97 Å². The van der Waals surface area contributed by atoms with Crippen LogP contribution in [0.1, 0.15) is 6.92 Å². The van der Waals surface area contributed by atoms with E-state index in [9.17, 15) is 22.4 Å². The zero-order chi connectivity index (χ0) is 9.28. The Labute approximate surface area is 58.6 Å². The Bertz CT molecular complexity index is 161. The summed E-state index contributed by atoms with van der Waals surface area (Å²) in [4.78, 5) is 9.70. The molecule has 11 heavy (non-hydrogen) atoms. The van der Waals surface area contributed by atoms with Gasteiger partial charge in [0.25, 0.3) is 0 Å². The molecule has 7 heteroatoms. The van der Waals surface area contributed by atoms with Gasteiger partial charge in [-0.3, -0.25) is 0 Å². The SMILES string of the molecule is CC(F)(OC(F)(F)F)C(=O)O. The van der Waals surface area contributed by atoms with Crippen LogP contribution in [0.2, 0.25) is 0 Å². The zero-order valence-electron chi connectivity index (χ0n) is 5.28. The zero-order valence-corrected chi connectivity index (χ0v) is 5.28. The maximum Gasteiger partial charge on any atom is 0.525 e. The van der Waals surface area contributed by atoms with Gasteiger partial charge >= 0.3 is 18.2 Å². The average Bonchev–Trinajstić information content (AvgIpc) is 1.56. The fraction of sp³-hybridized carbons (Fsp3) is 0.750. The number of hydrogen-bond donors (Lipinski definition) is 1. The molecule has 1 N–H and O–H groups in total. The Morgan fingerprint density at radius 3 is 1.82 bits per heavy atom. The van der Waals surface area contributed by atoms with Crippen LogP contribution in [-0.4, -0.2) is 23.3 Å². The summed E-state index contributed by atoms with van der Waals surface area (Å²) >= 11 is 0. The van der Waals surface area contributed by atoms with Gasteiger partial charge in [0.1, 0.15) is 0 Å². The van der Waals surface area contributed by atoms with Crippen molar-refractivity contribution in [2.45, 2.75) is 19.1 Å². The minimum absolute atomic E-state index is 0.156. The largest absolute Gasteiger partial charge is 0.525 e. The van der Waals surface area contributed by atoms with Crippen LogP contribution in [0.3, 0.4) is 0 Å². The first-order valence-electron chi connectivity index (χ1n) is 2.34. The van der Waals surface area contributed by atoms with Gasteiger partial charge < -0.3 is 5.11 Å². The lowest BCUT2D eigenvalue weighted by molar-refractivity contribution is -0.381. The van der Waals surface area contributed by atoms with Gasteiger partial charge in [-0.25, -0.2) is 9.53 Å². The smallest absolute Gasteiger partial charge is 0.477 e. The van der Waals surface area contributed by atoms with Crippen molar-refractivity contribution in [3.8, 4) is 0 Å². The fourth-order valence-corrected chi connectivity index (χ4v) is 0.261. The second-order valence-electron chi connectivity index (χ2n) is 1.77. The number of ether oxygens (including phenoxy) is 1. The summed E-state index contributed by atoms with van der Waals surface area (Å²) in [5.41, 5.74) is 0. The van der Waals surface area contributed by atoms with Crippen LogP contribution in [-0.2, 0) is 9.53 Å². The normalized spacial score (nSPS) is 17.5. The number of carbonyl (C=O) groups is 1. The highest BCUT2D eigenvalue weighted by Crippen LogP contribution is 2.26. The lowest BCUT2D eigenvalue weighted by Gasteiger charge is -2.16. The molecule has 1 unspecified atom stereocenters. The van der Waals surface area contributed by atoms with E-state index in [1.807, 2.05) is 0 Å². The van der Waals surface area contributed by atoms with Gasteiger partial charge in [-0.1, -0.05) is 0 Å². The van der Waals surface area contributed by atoms with Crippen LogP contribution in [0.25, 0.3) is 0 Å². The molecule has 1 atom stereocenters. The predicted octanol–water partition coefficient (Wildman–Crippen LogP) is 1.29. The lowest BCUT2D eigenvalue weighted by Crippen LogP contribution is -2.38. The van der Waals surface area contributed by atoms with E-state index < -0.39 is 18.2 Å². The third-order valence-corrected chi connectivity index (χ3v) is 0.689. The van der Waals surface area contributed by atoms with Crippen molar-refractivity contribution in [2.75, 3.05) is 0 Å². The lowest BCUT2D eigenvalue weighted by atomic mass is 10.4. The highest BCUT2D eigenvalue weighted by atomic mass is 19.4. The minimum atomic E-state index is -5.29. The standard InChI is InChI=1S/C4H4F4O3/c1-3(5,2(9)10)11-4(6,7)8/h1H3,(H,9,10). The molecule has 0 rings (SSSR count). The van der Waals surface area contributed by atoms with Crippen LogP contribution in [0.5, 0.6) is 0 Å². The molecular weight excluding hydrogens is 172 g/mol. The Hall–Kier alpha value is -0.850. The topological polar surface area (TPSA) is 46.5 Å². The molecule has 66 valence electrons. The number of rotatable bonds is 2. The quantitative estimate of drug-likeness (QED) is 0.645. The van der Waals surface area contributed by atoms with Crippen LogP contribution >= 0.6 is 0 Å². The van der Waals surface area contributed by atoms with Crippen molar-refractivity contribution in [1.82, 2.24) is 0 Å². The Balaban J connectivity index is 4.25. The summed E-state index contributed by atoms with van der Waals surface area (Å²) in [7, 11) is 0. The average molecular weight is 176 g/mol. The number of alkyl halides is 4. The Kier molecular flexibility index (Phi) is 2.44. The molecule has 0 aliphatic rings. The maximum atomic E-state index is 12.2. The summed E-state index contributed by atoms with van der Waals surface area (Å²) in [5, 5.41) is 7.80. The summed E-state index contributed by atoms with van der Waals surface area (Å²) in [6, 6.07) is 0. The van der Waals surface area contributed by atoms with Crippen molar-refractivity contribution in [3.63, 3.8) is 0 Å². The first-order valence-corrected chi connectivity index (χ1v) is 2.34. The summed E-state index contributed by atoms with van der Waals surface area (Å²) < 4.78 is 48.3. The van der Waals surface area contributed by atoms with Gasteiger partial charge in [0, 0.05) is 6.92 Å². The highest BCUT2D eigenvalue weighted by Gasteiger charge is 2.46. The maximum absolute atomic E-state index is 12.2. The molecule has 3 nitrogen and oxygen atoms in total. The molecule has 0 fully saturated rings. The number of aliphatic carboxylic acids is 1. The molecule has 0 aliphatic carbocycles. The van der Waals surface area contributed by atoms with E-state index in [1.54, 1.807) is 0 Å². The first-order chi connectivity index (χ1) is 4.65. The van der Waals surface area contributed by atoms with Gasteiger partial charge in [-0.05, 0) is 0 Å². The predicted molar refractivity (Wildman–Crippen MR) is 24.3 cm³/mol. The van der Waals surface area contributed by atoms with E-state index in [4.69, 9.17) is 5.11 Å². The summed E-state index contributed by atoms with van der Waals surface area (Å²) in [6.45, 7) is 0.156. The van der Waals surface area contributed by atoms with E-state index in [1.165, 1.54) is 0 Å². The van der Waals surface area contributed by atoms with E-state index in [0.717, 1.165) is 0 Å². The number of carboxylic acid groups (broad SMARTS) is 1. The minimum Gasteiger partial charge on any atom is -0.477 e. The van der Waals surface area contributed by atoms with Crippen LogP contribution in [0, 0.1) is 0 Å². The third-order valence-electron chi connectivity index (χ3n) is 0.689. The van der Waals surface area contributed by atoms with Crippen molar-refractivity contribution in [2.24, 2.45) is 0 Å². The molecule has 0 aromatic carbocycles. The number of carboxylic acids is 1. The molecule has 0 spiro atoms. The van der Waals surface area contributed by atoms with Gasteiger partial charge in [0.15, 0.2) is 0 Å². The monoisotopic (exact) mass is 176 g/mol. The second-order valence-corrected chi connectivity index (χ2v) is 1.77. The Morgan fingerprint density at radius 1 is 1.36 bits per heavy atom. The van der Waals surface area contributed by atoms with E-state index in [0.29, 0.717) is 0 Å². The highest BCUT2D eigenvalue weighted by molar-refractivity contribution is 5.74. The molecule has 0 aromatic heterocycles. The second kappa shape index (κ2) is 2.65. The van der Waals surface area contributed by atoms with Gasteiger partial charge in [0.05, 0.1) is 0 Å². The number of hydrogen-bond acceptors (Lipinski definition) is 2. The van der Waals surface area contributed by atoms with Gasteiger partial charge in [-0.15, -0.1) is 13.2 Å². The molecule has 0 aromatic rings. The summed E-state index contributed by atoms with van der Waals surface area (Å²) in [5.74, 6) is -6.05. The van der Waals surface area contributed by atoms with E-state index in [2.05, 4.69) is 4.74 Å². The molecule has 0 amide bonds.